The number of aliphatic hydroxyl groups excluding tert-OH is 1. The molecule has 0 aliphatic heterocycles. The monoisotopic (exact) mass is 373 g/mol. The van der Waals surface area contributed by atoms with Gasteiger partial charge in [0.25, 0.3) is 0 Å². The van der Waals surface area contributed by atoms with Gasteiger partial charge in [0.2, 0.25) is 0 Å². The highest BCUT2D eigenvalue weighted by molar-refractivity contribution is 7.90. The van der Waals surface area contributed by atoms with Crippen molar-refractivity contribution < 1.29 is 42.2 Å². The summed E-state index contributed by atoms with van der Waals surface area (Å²) in [5.41, 5.74) is 0. The number of ether oxygens (including phenoxy) is 3. The molecule has 0 aromatic heterocycles. The van der Waals surface area contributed by atoms with E-state index in [2.05, 4.69) is 0 Å². The molecule has 0 radical (unpaired) electrons. The number of hydrogen-bond donors (Lipinski definition) is 1. The molecular formula is C13H27NO9S. The lowest BCUT2D eigenvalue weighted by molar-refractivity contribution is -0.405. The van der Waals surface area contributed by atoms with Crippen LogP contribution in [0.25, 0.3) is 0 Å². The zero-order valence-electron chi connectivity index (χ0n) is 14.7. The SMILES string of the molecule is CCON(OC)C(=O)C(OCCO)(OCCS(C)(=O)=O)OC(C)C. The Morgan fingerprint density at radius 2 is 1.83 bits per heavy atom. The van der Waals surface area contributed by atoms with Gasteiger partial charge in [-0.25, -0.2) is 18.1 Å². The lowest BCUT2D eigenvalue weighted by atomic mass is 10.4. The van der Waals surface area contributed by atoms with Gasteiger partial charge in [-0.3, -0.25) is 4.79 Å². The number of hydrogen-bond acceptors (Lipinski definition) is 9. The van der Waals surface area contributed by atoms with Crippen molar-refractivity contribution in [2.75, 3.05) is 45.5 Å². The van der Waals surface area contributed by atoms with E-state index >= 15 is 0 Å². The molecule has 0 fully saturated rings. The van der Waals surface area contributed by atoms with Gasteiger partial charge in [0.1, 0.15) is 9.84 Å². The predicted molar refractivity (Wildman–Crippen MR) is 83.1 cm³/mol. The van der Waals surface area contributed by atoms with Gasteiger partial charge in [0.05, 0.1) is 45.4 Å². The minimum Gasteiger partial charge on any atom is -0.394 e. The maximum atomic E-state index is 12.7. The second kappa shape index (κ2) is 10.9. The number of hydroxylamine groups is 2. The summed E-state index contributed by atoms with van der Waals surface area (Å²) in [6.45, 7) is 3.93. The molecule has 0 heterocycles. The van der Waals surface area contributed by atoms with Crippen LogP contribution in [0.5, 0.6) is 0 Å². The summed E-state index contributed by atoms with van der Waals surface area (Å²) in [7, 11) is -2.14. The van der Waals surface area contributed by atoms with Gasteiger partial charge in [-0.2, -0.15) is 0 Å². The highest BCUT2D eigenvalue weighted by Crippen LogP contribution is 2.22. The van der Waals surface area contributed by atoms with Crippen LogP contribution >= 0.6 is 0 Å². The van der Waals surface area contributed by atoms with Crippen LogP contribution < -0.4 is 0 Å². The molecule has 1 N–H and O–H groups in total. The number of rotatable bonds is 13. The van der Waals surface area contributed by atoms with Crippen LogP contribution in [0.15, 0.2) is 0 Å². The first-order chi connectivity index (χ1) is 11.1. The molecule has 0 bridgehead atoms. The molecule has 0 saturated heterocycles. The predicted octanol–water partition coefficient (Wildman–Crippen LogP) is -0.523. The molecule has 24 heavy (non-hydrogen) atoms. The minimum atomic E-state index is -3.33. The largest absolute Gasteiger partial charge is 0.394 e. The first-order valence-electron chi connectivity index (χ1n) is 7.37. The fourth-order valence-corrected chi connectivity index (χ4v) is 1.91. The van der Waals surface area contributed by atoms with E-state index in [-0.39, 0.29) is 25.6 Å². The lowest BCUT2D eigenvalue weighted by Gasteiger charge is -2.35. The Balaban J connectivity index is 5.48. The zero-order chi connectivity index (χ0) is 18.8. The lowest BCUT2D eigenvalue weighted by Crippen LogP contribution is -2.56. The number of aliphatic hydroxyl groups is 1. The molecule has 1 amide bonds. The average molecular weight is 373 g/mol. The van der Waals surface area contributed by atoms with Crippen molar-refractivity contribution in [2.45, 2.75) is 32.8 Å². The van der Waals surface area contributed by atoms with E-state index in [1.54, 1.807) is 20.8 Å². The highest BCUT2D eigenvalue weighted by atomic mass is 32.2. The minimum absolute atomic E-state index is 0.112. The van der Waals surface area contributed by atoms with E-state index in [0.717, 1.165) is 6.26 Å². The maximum absolute atomic E-state index is 12.7. The Kier molecular flexibility index (Phi) is 10.6. The quantitative estimate of drug-likeness (QED) is 0.336. The van der Waals surface area contributed by atoms with Crippen molar-refractivity contribution >= 4 is 15.7 Å². The molecule has 144 valence electrons. The van der Waals surface area contributed by atoms with Crippen LogP contribution in [0, 0.1) is 0 Å². The normalized spacial score (nSPS) is 14.6. The third-order valence-electron chi connectivity index (χ3n) is 2.36. The topological polar surface area (TPSA) is 121 Å². The standard InChI is InChI=1S/C13H27NO9S/c1-6-22-14(19-4)12(16)13(20-8-7-15,23-11(2)3)21-9-10-24(5,17)18/h11,15H,6-10H2,1-5H3. The second-order valence-corrected chi connectivity index (χ2v) is 7.20. The van der Waals surface area contributed by atoms with Crippen molar-refractivity contribution in [1.82, 2.24) is 5.23 Å². The van der Waals surface area contributed by atoms with Crippen LogP contribution in [0.4, 0.5) is 0 Å². The smallest absolute Gasteiger partial charge is 0.373 e. The average Bonchev–Trinajstić information content (AvgIpc) is 2.47. The van der Waals surface area contributed by atoms with Crippen molar-refractivity contribution in [3.05, 3.63) is 0 Å². The van der Waals surface area contributed by atoms with Gasteiger partial charge in [-0.15, -0.1) is 0 Å². The second-order valence-electron chi connectivity index (χ2n) is 4.94. The Bertz CT molecular complexity index is 468. The molecule has 11 heteroatoms. The first-order valence-corrected chi connectivity index (χ1v) is 9.43. The highest BCUT2D eigenvalue weighted by Gasteiger charge is 2.48. The molecule has 0 rings (SSSR count). The summed E-state index contributed by atoms with van der Waals surface area (Å²) in [5.74, 6) is -3.65. The Hall–Kier alpha value is -0.820. The van der Waals surface area contributed by atoms with Crippen molar-refractivity contribution in [3.63, 3.8) is 0 Å². The molecule has 1 unspecified atom stereocenters. The van der Waals surface area contributed by atoms with Gasteiger partial charge in [-0.1, -0.05) is 5.23 Å². The van der Waals surface area contributed by atoms with E-state index in [1.165, 1.54) is 7.11 Å². The summed E-state index contributed by atoms with van der Waals surface area (Å²) in [6.07, 6.45) is 0.505. The van der Waals surface area contributed by atoms with Crippen LogP contribution in [0.2, 0.25) is 0 Å². The Morgan fingerprint density at radius 1 is 1.25 bits per heavy atom. The number of amides is 1. The van der Waals surface area contributed by atoms with Crippen molar-refractivity contribution in [3.8, 4) is 0 Å². The first kappa shape index (κ1) is 23.2. The van der Waals surface area contributed by atoms with E-state index in [1.807, 2.05) is 0 Å². The number of nitrogens with zero attached hydrogens (tertiary/aromatic N) is 1. The van der Waals surface area contributed by atoms with E-state index < -0.39 is 34.4 Å². The van der Waals surface area contributed by atoms with Crippen molar-refractivity contribution in [2.24, 2.45) is 0 Å². The molecule has 0 spiro atoms. The van der Waals surface area contributed by atoms with Crippen LogP contribution in [0.3, 0.4) is 0 Å². The molecule has 0 aliphatic rings. The number of carbonyl (C=O) groups is 1. The maximum Gasteiger partial charge on any atom is 0.373 e. The van der Waals surface area contributed by atoms with E-state index in [9.17, 15) is 13.2 Å². The summed E-state index contributed by atoms with van der Waals surface area (Å²) in [6, 6.07) is 0. The van der Waals surface area contributed by atoms with E-state index in [4.69, 9.17) is 29.0 Å². The van der Waals surface area contributed by atoms with Crippen LogP contribution in [-0.2, 0) is 38.5 Å². The molecular weight excluding hydrogens is 346 g/mol. The van der Waals surface area contributed by atoms with Crippen LogP contribution in [-0.4, -0.2) is 82.3 Å². The summed E-state index contributed by atoms with van der Waals surface area (Å²) in [5, 5.41) is 9.49. The molecule has 0 aromatic rings. The summed E-state index contributed by atoms with van der Waals surface area (Å²) >= 11 is 0. The fraction of sp³-hybridized carbons (Fsp3) is 0.923. The molecule has 10 nitrogen and oxygen atoms in total. The zero-order valence-corrected chi connectivity index (χ0v) is 15.5. The Morgan fingerprint density at radius 3 is 2.25 bits per heavy atom. The molecule has 0 saturated carbocycles. The third-order valence-corrected chi connectivity index (χ3v) is 3.27. The molecule has 1 atom stereocenters. The molecule has 0 aromatic carbocycles. The molecule has 0 aliphatic carbocycles. The fourth-order valence-electron chi connectivity index (χ4n) is 1.52. The summed E-state index contributed by atoms with van der Waals surface area (Å²) < 4.78 is 38.6. The van der Waals surface area contributed by atoms with Crippen molar-refractivity contribution in [1.29, 1.82) is 0 Å². The van der Waals surface area contributed by atoms with Gasteiger partial charge >= 0.3 is 11.9 Å². The number of sulfone groups is 1. The van der Waals surface area contributed by atoms with Gasteiger partial charge in [0.15, 0.2) is 0 Å². The summed E-state index contributed by atoms with van der Waals surface area (Å²) in [4.78, 5) is 22.5. The van der Waals surface area contributed by atoms with Gasteiger partial charge < -0.3 is 19.3 Å². The van der Waals surface area contributed by atoms with E-state index in [0.29, 0.717) is 5.23 Å². The number of carbonyl (C=O) groups excluding carboxylic acids is 1. The van der Waals surface area contributed by atoms with Crippen LogP contribution in [0.1, 0.15) is 20.8 Å². The Labute approximate surface area is 142 Å². The third kappa shape index (κ3) is 8.33. The van der Waals surface area contributed by atoms with Gasteiger partial charge in [0, 0.05) is 6.26 Å². The van der Waals surface area contributed by atoms with Gasteiger partial charge in [-0.05, 0) is 20.8 Å².